The van der Waals surface area contributed by atoms with Gasteiger partial charge in [-0.2, -0.15) is 0 Å². The summed E-state index contributed by atoms with van der Waals surface area (Å²) in [4.78, 5) is 0. The Bertz CT molecular complexity index is 202. The van der Waals surface area contributed by atoms with Crippen LogP contribution in [-0.2, 0) is 15.5 Å². The monoisotopic (exact) mass is 192 g/mol. The standard InChI is InChI=1S/C8H16O3S/c1-7(2)4-5-11-8(7,9)6-12(3)10/h9H,4-6H2,1-3H3. The zero-order valence-electron chi connectivity index (χ0n) is 7.79. The van der Waals surface area contributed by atoms with E-state index >= 15 is 0 Å². The zero-order chi connectivity index (χ0) is 9.41. The fourth-order valence-electron chi connectivity index (χ4n) is 1.38. The van der Waals surface area contributed by atoms with Crippen molar-refractivity contribution in [3.05, 3.63) is 0 Å². The molecule has 1 rings (SSSR count). The second kappa shape index (κ2) is 3.09. The molecule has 0 saturated carbocycles. The lowest BCUT2D eigenvalue weighted by Gasteiger charge is -2.33. The molecule has 0 radical (unpaired) electrons. The van der Waals surface area contributed by atoms with Crippen molar-refractivity contribution in [3.63, 3.8) is 0 Å². The van der Waals surface area contributed by atoms with E-state index in [1.807, 2.05) is 13.8 Å². The van der Waals surface area contributed by atoms with Crippen LogP contribution < -0.4 is 0 Å². The first-order valence-corrected chi connectivity index (χ1v) is 5.76. The van der Waals surface area contributed by atoms with E-state index in [0.29, 0.717) is 6.61 Å². The van der Waals surface area contributed by atoms with Crippen LogP contribution in [0.25, 0.3) is 0 Å². The maximum Gasteiger partial charge on any atom is 0.182 e. The molecular formula is C8H16O3S. The van der Waals surface area contributed by atoms with E-state index in [1.165, 1.54) is 0 Å². The Morgan fingerprint density at radius 3 is 2.50 bits per heavy atom. The molecule has 2 unspecified atom stereocenters. The average molecular weight is 192 g/mol. The largest absolute Gasteiger partial charge is 0.364 e. The SMILES string of the molecule is CS(=O)CC1(O)OCCC1(C)C. The molecule has 1 saturated heterocycles. The van der Waals surface area contributed by atoms with Gasteiger partial charge in [0.15, 0.2) is 5.79 Å². The van der Waals surface area contributed by atoms with Gasteiger partial charge in [0, 0.05) is 22.5 Å². The quantitative estimate of drug-likeness (QED) is 0.693. The van der Waals surface area contributed by atoms with E-state index in [4.69, 9.17) is 4.74 Å². The highest BCUT2D eigenvalue weighted by atomic mass is 32.2. The van der Waals surface area contributed by atoms with Crippen LogP contribution in [0.3, 0.4) is 0 Å². The van der Waals surface area contributed by atoms with Gasteiger partial charge in [0.25, 0.3) is 0 Å². The highest BCUT2D eigenvalue weighted by Gasteiger charge is 2.49. The van der Waals surface area contributed by atoms with Gasteiger partial charge in [-0.25, -0.2) is 0 Å². The van der Waals surface area contributed by atoms with Crippen molar-refractivity contribution in [3.8, 4) is 0 Å². The Hall–Kier alpha value is 0.0700. The summed E-state index contributed by atoms with van der Waals surface area (Å²) in [5.41, 5.74) is -0.279. The second-order valence-electron chi connectivity index (χ2n) is 3.98. The van der Waals surface area contributed by atoms with Gasteiger partial charge in [0.05, 0.1) is 12.4 Å². The highest BCUT2D eigenvalue weighted by molar-refractivity contribution is 7.84. The molecule has 72 valence electrons. The summed E-state index contributed by atoms with van der Waals surface area (Å²) >= 11 is 0. The van der Waals surface area contributed by atoms with Crippen molar-refractivity contribution in [2.75, 3.05) is 18.6 Å². The van der Waals surface area contributed by atoms with Crippen LogP contribution in [0.1, 0.15) is 20.3 Å². The third-order valence-corrected chi connectivity index (χ3v) is 3.32. The third-order valence-electron chi connectivity index (χ3n) is 2.52. The van der Waals surface area contributed by atoms with Crippen LogP contribution in [0.2, 0.25) is 0 Å². The summed E-state index contributed by atoms with van der Waals surface area (Å²) in [6.07, 6.45) is 2.40. The molecule has 0 aromatic rings. The van der Waals surface area contributed by atoms with Gasteiger partial charge in [0.2, 0.25) is 0 Å². The molecule has 0 spiro atoms. The molecule has 1 aliphatic heterocycles. The average Bonchev–Trinajstić information content (AvgIpc) is 2.05. The Morgan fingerprint density at radius 1 is 1.58 bits per heavy atom. The Morgan fingerprint density at radius 2 is 2.17 bits per heavy atom. The van der Waals surface area contributed by atoms with Crippen molar-refractivity contribution in [1.29, 1.82) is 0 Å². The molecule has 1 heterocycles. The number of hydrogen-bond donors (Lipinski definition) is 1. The molecule has 0 amide bonds. The Labute approximate surface area is 75.6 Å². The fraction of sp³-hybridized carbons (Fsp3) is 1.00. The number of rotatable bonds is 2. The summed E-state index contributed by atoms with van der Waals surface area (Å²) in [5, 5.41) is 9.97. The lowest BCUT2D eigenvalue weighted by molar-refractivity contribution is -0.200. The second-order valence-corrected chi connectivity index (χ2v) is 5.42. The van der Waals surface area contributed by atoms with Crippen LogP contribution in [0.4, 0.5) is 0 Å². The van der Waals surface area contributed by atoms with Gasteiger partial charge in [-0.3, -0.25) is 4.21 Å². The van der Waals surface area contributed by atoms with Crippen molar-refractivity contribution in [2.45, 2.75) is 26.1 Å². The van der Waals surface area contributed by atoms with Crippen LogP contribution in [0.15, 0.2) is 0 Å². The lowest BCUT2D eigenvalue weighted by Crippen LogP contribution is -2.45. The van der Waals surface area contributed by atoms with Gasteiger partial charge >= 0.3 is 0 Å². The Balaban J connectivity index is 2.75. The molecular weight excluding hydrogens is 176 g/mol. The van der Waals surface area contributed by atoms with E-state index in [0.717, 1.165) is 6.42 Å². The molecule has 0 aromatic carbocycles. The van der Waals surface area contributed by atoms with Gasteiger partial charge in [-0.05, 0) is 6.42 Å². The zero-order valence-corrected chi connectivity index (χ0v) is 8.61. The summed E-state index contributed by atoms with van der Waals surface area (Å²) in [5.74, 6) is -0.980. The van der Waals surface area contributed by atoms with Crippen LogP contribution in [0.5, 0.6) is 0 Å². The summed E-state index contributed by atoms with van der Waals surface area (Å²) in [6, 6.07) is 0. The van der Waals surface area contributed by atoms with Gasteiger partial charge in [-0.1, -0.05) is 13.8 Å². The van der Waals surface area contributed by atoms with E-state index in [1.54, 1.807) is 6.26 Å². The van der Waals surface area contributed by atoms with Crippen molar-refractivity contribution in [2.24, 2.45) is 5.41 Å². The molecule has 4 heteroatoms. The van der Waals surface area contributed by atoms with Crippen molar-refractivity contribution >= 4 is 10.8 Å². The molecule has 2 atom stereocenters. The summed E-state index contributed by atoms with van der Waals surface area (Å²) in [7, 11) is -1.02. The van der Waals surface area contributed by atoms with E-state index < -0.39 is 16.6 Å². The van der Waals surface area contributed by atoms with Crippen LogP contribution in [0, 0.1) is 5.41 Å². The van der Waals surface area contributed by atoms with E-state index in [2.05, 4.69) is 0 Å². The number of hydrogen-bond acceptors (Lipinski definition) is 3. The first-order chi connectivity index (χ1) is 5.37. The minimum atomic E-state index is -1.19. The van der Waals surface area contributed by atoms with Crippen LogP contribution >= 0.6 is 0 Å². The molecule has 12 heavy (non-hydrogen) atoms. The van der Waals surface area contributed by atoms with Crippen molar-refractivity contribution < 1.29 is 14.1 Å². The Kier molecular flexibility index (Phi) is 2.61. The molecule has 0 aromatic heterocycles. The molecule has 3 nitrogen and oxygen atoms in total. The lowest BCUT2D eigenvalue weighted by atomic mass is 9.84. The molecule has 1 fully saturated rings. The minimum absolute atomic E-state index is 0.208. The van der Waals surface area contributed by atoms with E-state index in [-0.39, 0.29) is 11.2 Å². The number of aliphatic hydroxyl groups is 1. The predicted molar refractivity (Wildman–Crippen MR) is 48.2 cm³/mol. The molecule has 1 aliphatic rings. The summed E-state index contributed by atoms with van der Waals surface area (Å²) < 4.78 is 16.2. The maximum absolute atomic E-state index is 11.0. The van der Waals surface area contributed by atoms with Gasteiger partial charge in [-0.15, -0.1) is 0 Å². The smallest absolute Gasteiger partial charge is 0.182 e. The first kappa shape index (κ1) is 10.2. The van der Waals surface area contributed by atoms with Crippen LogP contribution in [-0.4, -0.2) is 33.7 Å². The summed E-state index contributed by atoms with van der Waals surface area (Å²) in [6.45, 7) is 4.43. The molecule has 0 bridgehead atoms. The fourth-order valence-corrected chi connectivity index (χ4v) is 2.40. The molecule has 1 N–H and O–H groups in total. The third kappa shape index (κ3) is 1.70. The topological polar surface area (TPSA) is 46.5 Å². The van der Waals surface area contributed by atoms with E-state index in [9.17, 15) is 9.32 Å². The molecule has 0 aliphatic carbocycles. The minimum Gasteiger partial charge on any atom is -0.364 e. The predicted octanol–water partition coefficient (Wildman–Crippen LogP) is 0.500. The van der Waals surface area contributed by atoms with Crippen molar-refractivity contribution in [1.82, 2.24) is 0 Å². The normalized spacial score (nSPS) is 36.7. The maximum atomic E-state index is 11.0. The van der Waals surface area contributed by atoms with Gasteiger partial charge in [0.1, 0.15) is 0 Å². The first-order valence-electron chi connectivity index (χ1n) is 4.04. The number of ether oxygens (including phenoxy) is 1. The van der Waals surface area contributed by atoms with Gasteiger partial charge < -0.3 is 9.84 Å². The highest BCUT2D eigenvalue weighted by Crippen LogP contribution is 2.41.